The summed E-state index contributed by atoms with van der Waals surface area (Å²) in [6.45, 7) is 0. The zero-order chi connectivity index (χ0) is 5.82. The molecule has 1 nitrogen and oxygen atoms in total. The third-order valence-corrected chi connectivity index (χ3v) is 0.816. The number of hydrogen-bond acceptors (Lipinski definition) is 1. The molecule has 1 N–H and O–H groups in total. The maximum Gasteiger partial charge on any atom is 0.0661 e. The first-order valence-electron chi connectivity index (χ1n) is 2.26. The van der Waals surface area contributed by atoms with Crippen LogP contribution in [0.1, 0.15) is 0 Å². The van der Waals surface area contributed by atoms with Crippen LogP contribution in [-0.2, 0) is 0 Å². The molecule has 41 valence electrons. The van der Waals surface area contributed by atoms with E-state index in [0.717, 1.165) is 0 Å². The molecule has 2 heteroatoms. The van der Waals surface area contributed by atoms with Gasteiger partial charge in [-0.3, -0.25) is 0 Å². The molecular weight excluding hydrogens is 105 g/mol. The van der Waals surface area contributed by atoms with Crippen molar-refractivity contribution in [1.82, 2.24) is 0 Å². The molecule has 1 aromatic carbocycles. The van der Waals surface area contributed by atoms with Crippen molar-refractivity contribution in [2.75, 3.05) is 5.54 Å². The number of anilines is 1. The second-order valence-corrected chi connectivity index (χ2v) is 1.39. The van der Waals surface area contributed by atoms with Gasteiger partial charge in [0.2, 0.25) is 0 Å². The molecule has 0 aliphatic heterocycles. The minimum atomic E-state index is 0.438. The first-order chi connectivity index (χ1) is 3.93. The average molecular weight is 110 g/mol. The van der Waals surface area contributed by atoms with Gasteiger partial charge in [0.1, 0.15) is 0 Å². The fraction of sp³-hybridized carbons (Fsp3) is 0. The van der Waals surface area contributed by atoms with E-state index in [9.17, 15) is 4.48 Å². The van der Waals surface area contributed by atoms with Crippen LogP contribution in [0.5, 0.6) is 0 Å². The van der Waals surface area contributed by atoms with Gasteiger partial charge >= 0.3 is 0 Å². The van der Waals surface area contributed by atoms with Crippen LogP contribution < -0.4 is 5.54 Å². The Labute approximate surface area is 47.1 Å². The summed E-state index contributed by atoms with van der Waals surface area (Å²) in [5, 5.41) is 0. The summed E-state index contributed by atoms with van der Waals surface area (Å²) >= 11 is 0. The Morgan fingerprint density at radius 3 is 2.88 bits per heavy atom. The summed E-state index contributed by atoms with van der Waals surface area (Å²) in [5.74, 6) is 0. The molecule has 0 unspecified atom stereocenters. The molecule has 0 saturated heterocycles. The molecule has 1 aromatic rings. The number of halogens is 1. The van der Waals surface area contributed by atoms with Crippen LogP contribution in [0.15, 0.2) is 24.3 Å². The van der Waals surface area contributed by atoms with Crippen molar-refractivity contribution < 1.29 is 4.48 Å². The monoisotopic (exact) mass is 110 g/mol. The lowest BCUT2D eigenvalue weighted by atomic mass is 10.3. The Morgan fingerprint density at radius 1 is 1.62 bits per heavy atom. The van der Waals surface area contributed by atoms with Gasteiger partial charge in [-0.25, -0.2) is 5.54 Å². The first-order valence-corrected chi connectivity index (χ1v) is 2.26. The molecule has 1 radical (unpaired) electrons. The normalized spacial score (nSPS) is 8.62. The van der Waals surface area contributed by atoms with E-state index in [0.29, 0.717) is 5.69 Å². The van der Waals surface area contributed by atoms with E-state index in [2.05, 4.69) is 6.07 Å². The Balaban J connectivity index is 2.83. The Kier molecular flexibility index (Phi) is 1.47. The lowest BCUT2D eigenvalue weighted by molar-refractivity contribution is 0.618. The standard InChI is InChI=1S/C6H5FN/c7-8-6-4-2-1-3-5-6/h1-2,4-5,8H. The third-order valence-electron chi connectivity index (χ3n) is 0.816. The quantitative estimate of drug-likeness (QED) is 0.543. The second-order valence-electron chi connectivity index (χ2n) is 1.39. The summed E-state index contributed by atoms with van der Waals surface area (Å²) in [6, 6.07) is 9.28. The molecule has 1 rings (SSSR count). The van der Waals surface area contributed by atoms with Gasteiger partial charge in [0.15, 0.2) is 0 Å². The third kappa shape index (κ3) is 0.964. The van der Waals surface area contributed by atoms with Gasteiger partial charge in [-0.1, -0.05) is 12.1 Å². The van der Waals surface area contributed by atoms with Gasteiger partial charge in [0, 0.05) is 0 Å². The van der Waals surface area contributed by atoms with Crippen LogP contribution in [0.3, 0.4) is 0 Å². The van der Waals surface area contributed by atoms with Crippen molar-refractivity contribution >= 4 is 5.69 Å². The summed E-state index contributed by atoms with van der Waals surface area (Å²) < 4.78 is 11.5. The van der Waals surface area contributed by atoms with E-state index >= 15 is 0 Å². The second kappa shape index (κ2) is 2.31. The van der Waals surface area contributed by atoms with E-state index in [1.807, 2.05) is 0 Å². The van der Waals surface area contributed by atoms with E-state index in [-0.39, 0.29) is 0 Å². The average Bonchev–Trinajstić information content (AvgIpc) is 1.90. The molecule has 8 heavy (non-hydrogen) atoms. The zero-order valence-electron chi connectivity index (χ0n) is 4.19. The molecule has 0 bridgehead atoms. The summed E-state index contributed by atoms with van der Waals surface area (Å²) in [5.41, 5.74) is 1.93. The van der Waals surface area contributed by atoms with Crippen LogP contribution in [0.25, 0.3) is 0 Å². The van der Waals surface area contributed by atoms with Crippen molar-refractivity contribution in [3.63, 3.8) is 0 Å². The molecule has 0 aliphatic carbocycles. The molecule has 0 spiro atoms. The van der Waals surface area contributed by atoms with E-state index in [1.54, 1.807) is 18.2 Å². The van der Waals surface area contributed by atoms with Crippen molar-refractivity contribution in [3.8, 4) is 0 Å². The maximum absolute atomic E-state index is 11.5. The number of hydrogen-bond donors (Lipinski definition) is 1. The van der Waals surface area contributed by atoms with Crippen molar-refractivity contribution in [2.24, 2.45) is 0 Å². The minimum Gasteiger partial charge on any atom is -0.225 e. The summed E-state index contributed by atoms with van der Waals surface area (Å²) in [6.07, 6.45) is 0. The Morgan fingerprint density at radius 2 is 2.50 bits per heavy atom. The van der Waals surface area contributed by atoms with Gasteiger partial charge in [-0.15, -0.1) is 4.48 Å². The molecule has 0 atom stereocenters. The van der Waals surface area contributed by atoms with Crippen molar-refractivity contribution in [3.05, 3.63) is 30.3 Å². The molecule has 0 saturated carbocycles. The van der Waals surface area contributed by atoms with Crippen LogP contribution in [0, 0.1) is 6.07 Å². The van der Waals surface area contributed by atoms with Crippen LogP contribution in [0.2, 0.25) is 0 Å². The molecular formula is C6H5FN. The van der Waals surface area contributed by atoms with Crippen LogP contribution in [0.4, 0.5) is 10.2 Å². The van der Waals surface area contributed by atoms with Crippen LogP contribution in [-0.4, -0.2) is 0 Å². The maximum atomic E-state index is 11.5. The minimum absolute atomic E-state index is 0.438. The highest BCUT2D eigenvalue weighted by Crippen LogP contribution is 2.02. The van der Waals surface area contributed by atoms with E-state index in [1.165, 1.54) is 11.6 Å². The molecule has 0 amide bonds. The van der Waals surface area contributed by atoms with E-state index in [4.69, 9.17) is 0 Å². The SMILES string of the molecule is FNc1c[c]ccc1. The van der Waals surface area contributed by atoms with Gasteiger partial charge in [0.25, 0.3) is 0 Å². The van der Waals surface area contributed by atoms with Crippen LogP contribution >= 0.6 is 0 Å². The van der Waals surface area contributed by atoms with Gasteiger partial charge < -0.3 is 0 Å². The van der Waals surface area contributed by atoms with Gasteiger partial charge in [-0.2, -0.15) is 0 Å². The summed E-state index contributed by atoms with van der Waals surface area (Å²) in [4.78, 5) is 0. The highest BCUT2D eigenvalue weighted by atomic mass is 19.2. The largest absolute Gasteiger partial charge is 0.225 e. The lowest BCUT2D eigenvalue weighted by Gasteiger charge is -1.89. The van der Waals surface area contributed by atoms with Crippen molar-refractivity contribution in [2.45, 2.75) is 0 Å². The Hall–Kier alpha value is -1.05. The van der Waals surface area contributed by atoms with E-state index < -0.39 is 0 Å². The highest BCUT2D eigenvalue weighted by Gasteiger charge is 1.81. The lowest BCUT2D eigenvalue weighted by Crippen LogP contribution is -1.77. The fourth-order valence-corrected chi connectivity index (χ4v) is 0.452. The molecule has 0 aromatic heterocycles. The fourth-order valence-electron chi connectivity index (χ4n) is 0.452. The number of rotatable bonds is 1. The predicted molar refractivity (Wildman–Crippen MR) is 30.0 cm³/mol. The zero-order valence-corrected chi connectivity index (χ0v) is 4.19. The van der Waals surface area contributed by atoms with Gasteiger partial charge in [0.05, 0.1) is 5.69 Å². The van der Waals surface area contributed by atoms with Gasteiger partial charge in [-0.05, 0) is 18.2 Å². The smallest absolute Gasteiger partial charge is 0.0661 e. The number of nitrogens with one attached hydrogen (secondary N) is 1. The molecule has 0 heterocycles. The first kappa shape index (κ1) is 5.09. The number of benzene rings is 1. The summed E-state index contributed by atoms with van der Waals surface area (Å²) in [7, 11) is 0. The molecule has 0 fully saturated rings. The predicted octanol–water partition coefficient (Wildman–Crippen LogP) is 1.78. The van der Waals surface area contributed by atoms with Crippen molar-refractivity contribution in [1.29, 1.82) is 0 Å². The molecule has 0 aliphatic rings. The Bertz CT molecular complexity index is 150. The topological polar surface area (TPSA) is 12.0 Å². The highest BCUT2D eigenvalue weighted by molar-refractivity contribution is 5.39.